The predicted molar refractivity (Wildman–Crippen MR) is 64.7 cm³/mol. The fourth-order valence-electron chi connectivity index (χ4n) is 2.50. The van der Waals surface area contributed by atoms with Gasteiger partial charge in [-0.25, -0.2) is 0 Å². The Morgan fingerprint density at radius 3 is 2.86 bits per heavy atom. The Hall–Kier alpha value is 0.310. The van der Waals surface area contributed by atoms with Crippen LogP contribution in [0.3, 0.4) is 0 Å². The molecule has 0 heterocycles. The molecule has 0 aromatic rings. The molecule has 2 heteroatoms. The van der Waals surface area contributed by atoms with Gasteiger partial charge < -0.3 is 5.11 Å². The van der Waals surface area contributed by atoms with Crippen LogP contribution in [0.4, 0.5) is 0 Å². The molecule has 0 spiro atoms. The van der Waals surface area contributed by atoms with E-state index in [1.165, 1.54) is 37.9 Å². The Bertz CT molecular complexity index is 149. The second kappa shape index (κ2) is 6.73. The third kappa shape index (κ3) is 4.22. The van der Waals surface area contributed by atoms with Gasteiger partial charge in [0.05, 0.1) is 6.10 Å². The summed E-state index contributed by atoms with van der Waals surface area (Å²) in [4.78, 5) is 0. The van der Waals surface area contributed by atoms with Crippen LogP contribution in [0.1, 0.15) is 45.4 Å². The van der Waals surface area contributed by atoms with E-state index in [-0.39, 0.29) is 6.10 Å². The molecule has 1 nitrogen and oxygen atoms in total. The van der Waals surface area contributed by atoms with E-state index in [2.05, 4.69) is 13.2 Å². The summed E-state index contributed by atoms with van der Waals surface area (Å²) in [7, 11) is 0. The summed E-state index contributed by atoms with van der Waals surface area (Å²) in [6, 6.07) is 0. The molecule has 0 amide bonds. The zero-order valence-corrected chi connectivity index (χ0v) is 10.4. The summed E-state index contributed by atoms with van der Waals surface area (Å²) in [6.07, 6.45) is 9.50. The minimum absolute atomic E-state index is 0.0232. The molecule has 0 aromatic carbocycles. The molecule has 0 bridgehead atoms. The van der Waals surface area contributed by atoms with Crippen molar-refractivity contribution in [3.05, 3.63) is 0 Å². The number of aliphatic hydroxyl groups excluding tert-OH is 1. The molecule has 1 fully saturated rings. The van der Waals surface area contributed by atoms with Crippen molar-refractivity contribution >= 4 is 11.8 Å². The number of thioether (sulfide) groups is 1. The second-order valence-corrected chi connectivity index (χ2v) is 5.72. The Labute approximate surface area is 92.7 Å². The van der Waals surface area contributed by atoms with Crippen molar-refractivity contribution in [3.63, 3.8) is 0 Å². The first kappa shape index (κ1) is 12.4. The highest BCUT2D eigenvalue weighted by Gasteiger charge is 2.24. The lowest BCUT2D eigenvalue weighted by atomic mass is 9.78. The maximum absolute atomic E-state index is 10.0. The molecule has 3 atom stereocenters. The smallest absolute Gasteiger partial charge is 0.0568 e. The standard InChI is InChI=1S/C12H24OS/c1-10-5-3-6-11(9-10)12(13)7-4-8-14-2/h10-13H,3-9H2,1-2H3. The molecular weight excluding hydrogens is 192 g/mol. The largest absolute Gasteiger partial charge is 0.393 e. The van der Waals surface area contributed by atoms with Crippen LogP contribution in [0.2, 0.25) is 0 Å². The van der Waals surface area contributed by atoms with E-state index in [9.17, 15) is 5.11 Å². The van der Waals surface area contributed by atoms with Crippen molar-refractivity contribution < 1.29 is 5.11 Å². The Kier molecular flexibility index (Phi) is 5.95. The molecule has 1 aliphatic rings. The van der Waals surface area contributed by atoms with Gasteiger partial charge in [-0.05, 0) is 49.5 Å². The first-order chi connectivity index (χ1) is 6.74. The normalized spacial score (nSPS) is 30.2. The monoisotopic (exact) mass is 216 g/mol. The van der Waals surface area contributed by atoms with Crippen LogP contribution >= 0.6 is 11.8 Å². The molecule has 0 radical (unpaired) electrons. The molecule has 1 N–H and O–H groups in total. The summed E-state index contributed by atoms with van der Waals surface area (Å²) in [5.41, 5.74) is 0. The number of hydrogen-bond acceptors (Lipinski definition) is 2. The van der Waals surface area contributed by atoms with E-state index in [1.54, 1.807) is 0 Å². The topological polar surface area (TPSA) is 20.2 Å². The van der Waals surface area contributed by atoms with Gasteiger partial charge in [0.15, 0.2) is 0 Å². The van der Waals surface area contributed by atoms with E-state index >= 15 is 0 Å². The molecule has 0 saturated heterocycles. The highest BCUT2D eigenvalue weighted by Crippen LogP contribution is 2.32. The first-order valence-corrected chi connectivity index (χ1v) is 7.30. The fourth-order valence-corrected chi connectivity index (χ4v) is 2.96. The molecule has 0 aromatic heterocycles. The van der Waals surface area contributed by atoms with Crippen LogP contribution in [-0.2, 0) is 0 Å². The van der Waals surface area contributed by atoms with Crippen molar-refractivity contribution in [3.8, 4) is 0 Å². The van der Waals surface area contributed by atoms with Crippen molar-refractivity contribution in [1.82, 2.24) is 0 Å². The summed E-state index contributed by atoms with van der Waals surface area (Å²) in [6.45, 7) is 2.32. The van der Waals surface area contributed by atoms with Gasteiger partial charge in [0.2, 0.25) is 0 Å². The molecule has 1 rings (SSSR count). The highest BCUT2D eigenvalue weighted by molar-refractivity contribution is 7.98. The molecule has 0 aliphatic heterocycles. The quantitative estimate of drug-likeness (QED) is 0.711. The Morgan fingerprint density at radius 2 is 2.21 bits per heavy atom. The maximum Gasteiger partial charge on any atom is 0.0568 e. The number of rotatable bonds is 5. The van der Waals surface area contributed by atoms with E-state index in [4.69, 9.17) is 0 Å². The van der Waals surface area contributed by atoms with E-state index < -0.39 is 0 Å². The zero-order chi connectivity index (χ0) is 10.4. The van der Waals surface area contributed by atoms with Crippen molar-refractivity contribution in [2.45, 2.75) is 51.6 Å². The van der Waals surface area contributed by atoms with Crippen LogP contribution in [0, 0.1) is 11.8 Å². The molecule has 14 heavy (non-hydrogen) atoms. The number of hydrogen-bond donors (Lipinski definition) is 1. The van der Waals surface area contributed by atoms with Gasteiger partial charge in [-0.15, -0.1) is 0 Å². The third-order valence-electron chi connectivity index (χ3n) is 3.37. The van der Waals surface area contributed by atoms with Gasteiger partial charge in [-0.2, -0.15) is 11.8 Å². The van der Waals surface area contributed by atoms with Crippen molar-refractivity contribution in [2.24, 2.45) is 11.8 Å². The van der Waals surface area contributed by atoms with Crippen LogP contribution in [0.25, 0.3) is 0 Å². The summed E-state index contributed by atoms with van der Waals surface area (Å²) in [5.74, 6) is 2.63. The predicted octanol–water partition coefficient (Wildman–Crippen LogP) is 3.32. The summed E-state index contributed by atoms with van der Waals surface area (Å²) < 4.78 is 0. The minimum atomic E-state index is -0.0232. The van der Waals surface area contributed by atoms with Crippen molar-refractivity contribution in [1.29, 1.82) is 0 Å². The molecule has 1 saturated carbocycles. The van der Waals surface area contributed by atoms with Crippen LogP contribution in [0.5, 0.6) is 0 Å². The highest BCUT2D eigenvalue weighted by atomic mass is 32.2. The van der Waals surface area contributed by atoms with E-state index in [1.807, 2.05) is 11.8 Å². The third-order valence-corrected chi connectivity index (χ3v) is 4.07. The lowest BCUT2D eigenvalue weighted by Gasteiger charge is -2.30. The van der Waals surface area contributed by atoms with E-state index in [0.717, 1.165) is 12.3 Å². The molecule has 3 unspecified atom stereocenters. The Balaban J connectivity index is 2.18. The maximum atomic E-state index is 10.0. The van der Waals surface area contributed by atoms with Gasteiger partial charge in [0.25, 0.3) is 0 Å². The Morgan fingerprint density at radius 1 is 1.43 bits per heavy atom. The summed E-state index contributed by atoms with van der Waals surface area (Å²) >= 11 is 1.88. The SMILES string of the molecule is CSCCCC(O)C1CCCC(C)C1. The van der Waals surface area contributed by atoms with E-state index in [0.29, 0.717) is 5.92 Å². The molecule has 84 valence electrons. The van der Waals surface area contributed by atoms with Gasteiger partial charge in [-0.1, -0.05) is 19.8 Å². The zero-order valence-electron chi connectivity index (χ0n) is 9.54. The summed E-state index contributed by atoms with van der Waals surface area (Å²) in [5, 5.41) is 10.0. The van der Waals surface area contributed by atoms with Gasteiger partial charge in [-0.3, -0.25) is 0 Å². The molecule has 1 aliphatic carbocycles. The van der Waals surface area contributed by atoms with Gasteiger partial charge in [0.1, 0.15) is 0 Å². The van der Waals surface area contributed by atoms with Gasteiger partial charge in [0, 0.05) is 0 Å². The average molecular weight is 216 g/mol. The molecular formula is C12H24OS. The van der Waals surface area contributed by atoms with Crippen LogP contribution in [-0.4, -0.2) is 23.2 Å². The minimum Gasteiger partial charge on any atom is -0.393 e. The number of aliphatic hydroxyl groups is 1. The average Bonchev–Trinajstić information content (AvgIpc) is 2.18. The second-order valence-electron chi connectivity index (χ2n) is 4.73. The lowest BCUT2D eigenvalue weighted by Crippen LogP contribution is -2.25. The van der Waals surface area contributed by atoms with Crippen LogP contribution in [0.15, 0.2) is 0 Å². The van der Waals surface area contributed by atoms with Crippen molar-refractivity contribution in [2.75, 3.05) is 12.0 Å². The van der Waals surface area contributed by atoms with Crippen LogP contribution < -0.4 is 0 Å². The fraction of sp³-hybridized carbons (Fsp3) is 1.00. The lowest BCUT2D eigenvalue weighted by molar-refractivity contribution is 0.0645. The first-order valence-electron chi connectivity index (χ1n) is 5.91. The van der Waals surface area contributed by atoms with Gasteiger partial charge >= 0.3 is 0 Å².